The van der Waals surface area contributed by atoms with E-state index in [4.69, 9.17) is 18.9 Å². The van der Waals surface area contributed by atoms with Gasteiger partial charge in [-0.3, -0.25) is 9.69 Å². The second kappa shape index (κ2) is 19.0. The number of aryl methyl sites for hydroxylation is 3. The fourth-order valence-electron chi connectivity index (χ4n) is 6.14. The summed E-state index contributed by atoms with van der Waals surface area (Å²) >= 11 is 0. The third-order valence-corrected chi connectivity index (χ3v) is 9.17. The largest absolute Gasteiger partial charge is 0.497 e. The zero-order chi connectivity index (χ0) is 36.3. The summed E-state index contributed by atoms with van der Waals surface area (Å²) in [6.45, 7) is 11.1. The van der Waals surface area contributed by atoms with Crippen LogP contribution in [0.1, 0.15) is 38.9 Å². The lowest BCUT2D eigenvalue weighted by Crippen LogP contribution is -2.47. The van der Waals surface area contributed by atoms with E-state index in [1.54, 1.807) is 19.4 Å². The molecule has 2 heterocycles. The van der Waals surface area contributed by atoms with E-state index in [0.717, 1.165) is 65.6 Å². The van der Waals surface area contributed by atoms with Gasteiger partial charge in [0.1, 0.15) is 29.6 Å². The van der Waals surface area contributed by atoms with Gasteiger partial charge in [-0.1, -0.05) is 54.1 Å². The van der Waals surface area contributed by atoms with Crippen LogP contribution in [0.2, 0.25) is 0 Å². The highest BCUT2D eigenvalue weighted by Gasteiger charge is 2.20. The molecule has 0 unspecified atom stereocenters. The lowest BCUT2D eigenvalue weighted by molar-refractivity contribution is -0.127. The maximum absolute atomic E-state index is 13.1. The summed E-state index contributed by atoms with van der Waals surface area (Å²) in [5.74, 6) is 3.63. The number of piperazine rings is 1. The molecule has 1 amide bonds. The number of carbonyl (C=O) groups excluding carboxylic acids is 1. The maximum Gasteiger partial charge on any atom is 0.246 e. The Bertz CT molecular complexity index is 1920. The zero-order valence-electron chi connectivity index (χ0n) is 30.9. The molecule has 1 saturated heterocycles. The molecule has 1 aliphatic heterocycles. The van der Waals surface area contributed by atoms with Crippen LogP contribution in [0.3, 0.4) is 0 Å². The number of hydrogen-bond acceptors (Lipinski definition) is 7. The molecule has 0 atom stereocenters. The minimum absolute atomic E-state index is 0. The number of benzene rings is 4. The van der Waals surface area contributed by atoms with Crippen molar-refractivity contribution in [2.75, 3.05) is 39.9 Å². The summed E-state index contributed by atoms with van der Waals surface area (Å²) in [6, 6.07) is 32.4. The Morgan fingerprint density at radius 2 is 1.36 bits per heavy atom. The van der Waals surface area contributed by atoms with Crippen LogP contribution in [0.25, 0.3) is 6.08 Å². The zero-order valence-corrected chi connectivity index (χ0v) is 31.7. The number of amides is 1. The highest BCUT2D eigenvalue weighted by atomic mass is 35.5. The molecule has 0 radical (unpaired) electrons. The van der Waals surface area contributed by atoms with E-state index in [-0.39, 0.29) is 18.3 Å². The molecule has 0 spiro atoms. The van der Waals surface area contributed by atoms with Gasteiger partial charge in [0.25, 0.3) is 0 Å². The van der Waals surface area contributed by atoms with Gasteiger partial charge in [-0.25, -0.2) is 4.98 Å². The number of hydrogen-bond donors (Lipinski definition) is 0. The Labute approximate surface area is 319 Å². The van der Waals surface area contributed by atoms with Gasteiger partial charge in [-0.2, -0.15) is 0 Å². The molecule has 6 rings (SSSR count). The number of rotatable bonds is 14. The van der Waals surface area contributed by atoms with Crippen LogP contribution in [-0.4, -0.2) is 60.6 Å². The van der Waals surface area contributed by atoms with Gasteiger partial charge in [-0.15, -0.1) is 12.4 Å². The molecule has 0 saturated carbocycles. The Morgan fingerprint density at radius 3 is 2.00 bits per heavy atom. The van der Waals surface area contributed by atoms with E-state index in [9.17, 15) is 4.79 Å². The lowest BCUT2D eigenvalue weighted by atomic mass is 10.1. The van der Waals surface area contributed by atoms with Gasteiger partial charge < -0.3 is 23.8 Å². The fourth-order valence-corrected chi connectivity index (χ4v) is 6.14. The first-order chi connectivity index (χ1) is 25.3. The van der Waals surface area contributed by atoms with Crippen LogP contribution in [-0.2, 0) is 24.4 Å². The first-order valence-corrected chi connectivity index (χ1v) is 17.8. The van der Waals surface area contributed by atoms with Gasteiger partial charge in [0.15, 0.2) is 0 Å². The topological polar surface area (TPSA) is 73.4 Å². The Morgan fingerprint density at radius 1 is 0.736 bits per heavy atom. The second-order valence-electron chi connectivity index (χ2n) is 13.2. The number of carbonyl (C=O) groups is 1. The quantitative estimate of drug-likeness (QED) is 0.106. The fraction of sp³-hybridized carbons (Fsp3) is 0.273. The van der Waals surface area contributed by atoms with Crippen molar-refractivity contribution < 1.29 is 23.7 Å². The van der Waals surface area contributed by atoms with Gasteiger partial charge in [-0.05, 0) is 103 Å². The lowest BCUT2D eigenvalue weighted by Gasteiger charge is -2.34. The summed E-state index contributed by atoms with van der Waals surface area (Å²) in [6.07, 6.45) is 6.09. The minimum Gasteiger partial charge on any atom is -0.497 e. The number of ether oxygens (including phenoxy) is 4. The van der Waals surface area contributed by atoms with Crippen molar-refractivity contribution >= 4 is 24.4 Å². The van der Waals surface area contributed by atoms with Crippen molar-refractivity contribution in [3.05, 3.63) is 148 Å². The first kappa shape index (κ1) is 38.9. The predicted molar refractivity (Wildman–Crippen MR) is 213 cm³/mol. The standard InChI is InChI=1S/C44H47N3O5.ClH/c1-32-5-7-37(8-6-32)31-51-41-18-19-42(45-29-41)52-44-33(2)27-38(28-34(44)3)13-20-43(48)47-24-22-46(23-25-47)30-36-11-9-35(10-12-36)21-26-50-40-16-14-39(49-4)15-17-40;/h5-20,27-29H,21-26,30-31H2,1-4H3;1H. The molecule has 4 aromatic carbocycles. The number of pyridine rings is 1. The predicted octanol–water partition coefficient (Wildman–Crippen LogP) is 8.79. The summed E-state index contributed by atoms with van der Waals surface area (Å²) < 4.78 is 23.1. The average molecular weight is 734 g/mol. The van der Waals surface area contributed by atoms with Crippen molar-refractivity contribution in [3.63, 3.8) is 0 Å². The molecule has 1 aliphatic rings. The number of methoxy groups -OCH3 is 1. The maximum atomic E-state index is 13.1. The average Bonchev–Trinajstić information content (AvgIpc) is 3.17. The van der Waals surface area contributed by atoms with Crippen LogP contribution in [0.5, 0.6) is 28.9 Å². The molecule has 276 valence electrons. The summed E-state index contributed by atoms with van der Waals surface area (Å²) in [7, 11) is 1.66. The van der Waals surface area contributed by atoms with Crippen LogP contribution in [0.15, 0.2) is 109 Å². The molecule has 53 heavy (non-hydrogen) atoms. The van der Waals surface area contributed by atoms with E-state index in [0.29, 0.717) is 37.9 Å². The third kappa shape index (κ3) is 11.3. The van der Waals surface area contributed by atoms with Crippen molar-refractivity contribution in [2.45, 2.75) is 40.3 Å². The van der Waals surface area contributed by atoms with Gasteiger partial charge in [0, 0.05) is 51.3 Å². The highest BCUT2D eigenvalue weighted by Crippen LogP contribution is 2.30. The highest BCUT2D eigenvalue weighted by molar-refractivity contribution is 5.92. The van der Waals surface area contributed by atoms with Crippen molar-refractivity contribution in [1.82, 2.24) is 14.8 Å². The smallest absolute Gasteiger partial charge is 0.246 e. The number of aromatic nitrogens is 1. The van der Waals surface area contributed by atoms with Crippen molar-refractivity contribution in [1.29, 1.82) is 0 Å². The monoisotopic (exact) mass is 733 g/mol. The molecule has 1 fully saturated rings. The van der Waals surface area contributed by atoms with Crippen LogP contribution in [0.4, 0.5) is 0 Å². The summed E-state index contributed by atoms with van der Waals surface area (Å²) in [5.41, 5.74) is 7.74. The number of nitrogens with zero attached hydrogens (tertiary/aromatic N) is 3. The molecule has 0 aliphatic carbocycles. The van der Waals surface area contributed by atoms with E-state index in [2.05, 4.69) is 65.3 Å². The molecule has 1 aromatic heterocycles. The van der Waals surface area contributed by atoms with E-state index < -0.39 is 0 Å². The Balaban J connectivity index is 0.00000541. The Hall–Kier alpha value is -5.31. The Kier molecular flexibility index (Phi) is 13.9. The SMILES string of the molecule is COc1ccc(OCCc2ccc(CN3CCN(C(=O)C=Cc4cc(C)c(Oc5ccc(OCc6ccc(C)cc6)cn5)c(C)c4)CC3)cc2)cc1.Cl. The normalized spacial score (nSPS) is 13.0. The van der Waals surface area contributed by atoms with Gasteiger partial charge in [0.05, 0.1) is 19.9 Å². The van der Waals surface area contributed by atoms with E-state index in [1.165, 1.54) is 16.7 Å². The van der Waals surface area contributed by atoms with Gasteiger partial charge in [0.2, 0.25) is 11.8 Å². The van der Waals surface area contributed by atoms with Crippen LogP contribution < -0.4 is 18.9 Å². The molecule has 5 aromatic rings. The first-order valence-electron chi connectivity index (χ1n) is 17.8. The van der Waals surface area contributed by atoms with Crippen molar-refractivity contribution in [2.24, 2.45) is 0 Å². The van der Waals surface area contributed by atoms with E-state index >= 15 is 0 Å². The van der Waals surface area contributed by atoms with E-state index in [1.807, 2.05) is 73.4 Å². The molecule has 0 N–H and O–H groups in total. The minimum atomic E-state index is 0. The molecule has 9 heteroatoms. The second-order valence-corrected chi connectivity index (χ2v) is 13.2. The summed E-state index contributed by atoms with van der Waals surface area (Å²) in [4.78, 5) is 21.9. The summed E-state index contributed by atoms with van der Waals surface area (Å²) in [5, 5.41) is 0. The van der Waals surface area contributed by atoms with Gasteiger partial charge >= 0.3 is 0 Å². The van der Waals surface area contributed by atoms with Crippen molar-refractivity contribution in [3.8, 4) is 28.9 Å². The molecule has 8 nitrogen and oxygen atoms in total. The molecular formula is C44H48ClN3O5. The number of halogens is 1. The molecular weight excluding hydrogens is 686 g/mol. The third-order valence-electron chi connectivity index (χ3n) is 9.17. The van der Waals surface area contributed by atoms with Crippen LogP contribution in [0, 0.1) is 20.8 Å². The van der Waals surface area contributed by atoms with Crippen LogP contribution >= 0.6 is 12.4 Å². The molecule has 0 bridgehead atoms.